The third-order valence-electron chi connectivity index (χ3n) is 4.50. The molecule has 3 rings (SSSR count). The van der Waals surface area contributed by atoms with E-state index in [1.807, 2.05) is 24.3 Å². The van der Waals surface area contributed by atoms with Gasteiger partial charge in [-0.15, -0.1) is 11.3 Å². The van der Waals surface area contributed by atoms with Crippen LogP contribution in [0.4, 0.5) is 11.4 Å². The molecule has 1 aromatic heterocycles. The lowest BCUT2D eigenvalue weighted by atomic mass is 10.0. The van der Waals surface area contributed by atoms with Gasteiger partial charge in [-0.2, -0.15) is 0 Å². The average molecular weight is 449 g/mol. The summed E-state index contributed by atoms with van der Waals surface area (Å²) in [6.07, 6.45) is 0. The average Bonchev–Trinajstić information content (AvgIpc) is 3.18. The Balaban J connectivity index is 1.84. The van der Waals surface area contributed by atoms with Crippen molar-refractivity contribution in [3.05, 3.63) is 75.4 Å². The Hall–Kier alpha value is -2.35. The van der Waals surface area contributed by atoms with E-state index in [-0.39, 0.29) is 10.8 Å². The molecular weight excluding hydrogens is 428 g/mol. The summed E-state index contributed by atoms with van der Waals surface area (Å²) < 4.78 is 27.0. The zero-order valence-electron chi connectivity index (χ0n) is 16.2. The highest BCUT2D eigenvalue weighted by Crippen LogP contribution is 2.31. The monoisotopic (exact) mass is 448 g/mol. The molecule has 29 heavy (non-hydrogen) atoms. The number of amides is 1. The van der Waals surface area contributed by atoms with E-state index in [2.05, 4.69) is 19.2 Å². The van der Waals surface area contributed by atoms with Crippen LogP contribution in [0.2, 0.25) is 5.02 Å². The maximum absolute atomic E-state index is 12.9. The summed E-state index contributed by atoms with van der Waals surface area (Å²) in [5.74, 6) is 0.0424. The van der Waals surface area contributed by atoms with Gasteiger partial charge in [0, 0.05) is 17.8 Å². The van der Waals surface area contributed by atoms with Gasteiger partial charge in [0.2, 0.25) is 0 Å². The van der Waals surface area contributed by atoms with Gasteiger partial charge in [-0.05, 0) is 59.3 Å². The Morgan fingerprint density at radius 3 is 2.24 bits per heavy atom. The number of carbonyl (C=O) groups is 1. The van der Waals surface area contributed by atoms with E-state index in [0.29, 0.717) is 27.2 Å². The topological polar surface area (TPSA) is 66.5 Å². The Morgan fingerprint density at radius 2 is 1.66 bits per heavy atom. The van der Waals surface area contributed by atoms with Crippen LogP contribution in [0.5, 0.6) is 0 Å². The fourth-order valence-corrected chi connectivity index (χ4v) is 4.96. The SMILES string of the molecule is CC(C)c1ccc(NC(=O)c2sccc2N(C)S(=O)(=O)c2ccc(Cl)cc2)cc1. The van der Waals surface area contributed by atoms with Crippen LogP contribution < -0.4 is 9.62 Å². The molecule has 3 aromatic rings. The predicted molar refractivity (Wildman–Crippen MR) is 120 cm³/mol. The van der Waals surface area contributed by atoms with Gasteiger partial charge in [0.15, 0.2) is 0 Å². The molecule has 0 unspecified atom stereocenters. The van der Waals surface area contributed by atoms with Gasteiger partial charge in [0.1, 0.15) is 4.88 Å². The van der Waals surface area contributed by atoms with Gasteiger partial charge in [-0.25, -0.2) is 8.42 Å². The molecule has 0 aliphatic heterocycles. The van der Waals surface area contributed by atoms with Crippen molar-refractivity contribution in [2.75, 3.05) is 16.7 Å². The first kappa shape index (κ1) is 21.4. The fourth-order valence-electron chi connectivity index (χ4n) is 2.75. The molecule has 0 atom stereocenters. The van der Waals surface area contributed by atoms with Crippen LogP contribution in [-0.4, -0.2) is 21.4 Å². The standard InChI is InChI=1S/C21H21ClN2O3S2/c1-14(2)15-4-8-17(9-5-15)23-21(25)20-19(12-13-28-20)24(3)29(26,27)18-10-6-16(22)7-11-18/h4-14H,1-3H3,(H,23,25). The molecule has 1 N–H and O–H groups in total. The quantitative estimate of drug-likeness (QED) is 0.533. The van der Waals surface area contributed by atoms with Crippen molar-refractivity contribution in [3.8, 4) is 0 Å². The van der Waals surface area contributed by atoms with Crippen LogP contribution in [0.25, 0.3) is 0 Å². The molecule has 0 aliphatic rings. The number of carbonyl (C=O) groups excluding carboxylic acids is 1. The second-order valence-corrected chi connectivity index (χ2v) is 10.1. The van der Waals surface area contributed by atoms with Crippen molar-refractivity contribution < 1.29 is 13.2 Å². The number of hydrogen-bond donors (Lipinski definition) is 1. The molecule has 8 heteroatoms. The minimum atomic E-state index is -3.82. The summed E-state index contributed by atoms with van der Waals surface area (Å²) in [5, 5.41) is 4.98. The first-order valence-corrected chi connectivity index (χ1v) is 11.6. The summed E-state index contributed by atoms with van der Waals surface area (Å²) >= 11 is 7.04. The molecule has 0 aliphatic carbocycles. The summed E-state index contributed by atoms with van der Waals surface area (Å²) in [5.41, 5.74) is 2.15. The molecule has 0 spiro atoms. The Morgan fingerprint density at radius 1 is 1.03 bits per heavy atom. The number of nitrogens with zero attached hydrogens (tertiary/aromatic N) is 1. The smallest absolute Gasteiger partial charge is 0.267 e. The number of nitrogens with one attached hydrogen (secondary N) is 1. The number of rotatable bonds is 6. The highest BCUT2D eigenvalue weighted by atomic mass is 35.5. The second-order valence-electron chi connectivity index (χ2n) is 6.79. The number of halogens is 1. The maximum atomic E-state index is 12.9. The number of benzene rings is 2. The van der Waals surface area contributed by atoms with Crippen LogP contribution >= 0.6 is 22.9 Å². The molecule has 5 nitrogen and oxygen atoms in total. The fraction of sp³-hybridized carbons (Fsp3) is 0.190. The number of thiophene rings is 1. The molecule has 1 amide bonds. The lowest BCUT2D eigenvalue weighted by Gasteiger charge is -2.20. The van der Waals surface area contributed by atoms with Gasteiger partial charge >= 0.3 is 0 Å². The van der Waals surface area contributed by atoms with Gasteiger partial charge in [0.25, 0.3) is 15.9 Å². The summed E-state index contributed by atoms with van der Waals surface area (Å²) in [4.78, 5) is 13.2. The maximum Gasteiger partial charge on any atom is 0.267 e. The Bertz CT molecular complexity index is 1110. The zero-order chi connectivity index (χ0) is 21.2. The highest BCUT2D eigenvalue weighted by molar-refractivity contribution is 7.92. The van der Waals surface area contributed by atoms with E-state index < -0.39 is 10.0 Å². The van der Waals surface area contributed by atoms with Gasteiger partial charge in [-0.3, -0.25) is 9.10 Å². The Labute approximate surface area is 180 Å². The van der Waals surface area contributed by atoms with Gasteiger partial charge < -0.3 is 5.32 Å². The minimum Gasteiger partial charge on any atom is -0.321 e. The lowest BCUT2D eigenvalue weighted by Crippen LogP contribution is -2.28. The van der Waals surface area contributed by atoms with Crippen molar-refractivity contribution >= 4 is 50.2 Å². The second kappa shape index (κ2) is 8.57. The van der Waals surface area contributed by atoms with Gasteiger partial charge in [-0.1, -0.05) is 37.6 Å². The van der Waals surface area contributed by atoms with E-state index in [1.54, 1.807) is 11.4 Å². The van der Waals surface area contributed by atoms with Crippen molar-refractivity contribution in [3.63, 3.8) is 0 Å². The van der Waals surface area contributed by atoms with Gasteiger partial charge in [0.05, 0.1) is 10.6 Å². The zero-order valence-corrected chi connectivity index (χ0v) is 18.6. The van der Waals surface area contributed by atoms with Crippen LogP contribution in [0.15, 0.2) is 64.9 Å². The number of hydrogen-bond acceptors (Lipinski definition) is 4. The molecule has 0 radical (unpaired) electrons. The van der Waals surface area contributed by atoms with E-state index in [1.165, 1.54) is 48.2 Å². The third kappa shape index (κ3) is 4.63. The summed E-state index contributed by atoms with van der Waals surface area (Å²) in [6.45, 7) is 4.20. The van der Waals surface area contributed by atoms with E-state index >= 15 is 0 Å². The lowest BCUT2D eigenvalue weighted by molar-refractivity contribution is 0.103. The number of sulfonamides is 1. The minimum absolute atomic E-state index is 0.103. The van der Waals surface area contributed by atoms with Crippen molar-refractivity contribution in [1.29, 1.82) is 0 Å². The largest absolute Gasteiger partial charge is 0.321 e. The molecule has 1 heterocycles. The van der Waals surface area contributed by atoms with Crippen LogP contribution in [0, 0.1) is 0 Å². The normalized spacial score (nSPS) is 11.5. The van der Waals surface area contributed by atoms with Crippen molar-refractivity contribution in [2.24, 2.45) is 0 Å². The van der Waals surface area contributed by atoms with Crippen molar-refractivity contribution in [2.45, 2.75) is 24.7 Å². The summed E-state index contributed by atoms with van der Waals surface area (Å²) in [7, 11) is -2.39. The van der Waals surface area contributed by atoms with Crippen LogP contribution in [0.3, 0.4) is 0 Å². The molecular formula is C21H21ClN2O3S2. The molecule has 152 valence electrons. The first-order chi connectivity index (χ1) is 13.7. The summed E-state index contributed by atoms with van der Waals surface area (Å²) in [6, 6.07) is 15.2. The molecule has 0 saturated heterocycles. The molecule has 0 bridgehead atoms. The van der Waals surface area contributed by atoms with Crippen molar-refractivity contribution in [1.82, 2.24) is 0 Å². The van der Waals surface area contributed by atoms with Crippen LogP contribution in [-0.2, 0) is 10.0 Å². The highest BCUT2D eigenvalue weighted by Gasteiger charge is 2.26. The van der Waals surface area contributed by atoms with E-state index in [4.69, 9.17) is 11.6 Å². The first-order valence-electron chi connectivity index (χ1n) is 8.93. The molecule has 2 aromatic carbocycles. The third-order valence-corrected chi connectivity index (χ3v) is 7.44. The molecule has 0 saturated carbocycles. The van der Waals surface area contributed by atoms with Crippen LogP contribution in [0.1, 0.15) is 35.0 Å². The van der Waals surface area contributed by atoms with E-state index in [0.717, 1.165) is 4.31 Å². The predicted octanol–water partition coefficient (Wildman–Crippen LogP) is 5.60. The number of anilines is 2. The Kier molecular flexibility index (Phi) is 6.31. The van der Waals surface area contributed by atoms with E-state index in [9.17, 15) is 13.2 Å². The molecule has 0 fully saturated rings.